The SMILES string of the molecule is Cc1ccc(CCNC(=O)CNC(=O)c2cc3ccccc3o2)cc1. The third kappa shape index (κ3) is 4.47. The van der Waals surface area contributed by atoms with E-state index in [2.05, 4.69) is 10.6 Å². The van der Waals surface area contributed by atoms with Crippen molar-refractivity contribution in [2.45, 2.75) is 13.3 Å². The molecule has 0 fully saturated rings. The second-order valence-corrected chi connectivity index (χ2v) is 5.92. The predicted molar refractivity (Wildman–Crippen MR) is 96.4 cm³/mol. The number of fused-ring (bicyclic) bond motifs is 1. The number of carbonyl (C=O) groups excluding carboxylic acids is 2. The molecule has 2 amide bonds. The summed E-state index contributed by atoms with van der Waals surface area (Å²) >= 11 is 0. The Kier molecular flexibility index (Phi) is 5.14. The molecule has 0 saturated heterocycles. The topological polar surface area (TPSA) is 71.3 Å². The summed E-state index contributed by atoms with van der Waals surface area (Å²) in [4.78, 5) is 23.9. The number of aryl methyl sites for hydroxylation is 1. The molecule has 128 valence electrons. The predicted octanol–water partition coefficient (Wildman–Crippen LogP) is 2.83. The molecule has 5 nitrogen and oxygen atoms in total. The molecule has 5 heteroatoms. The number of carbonyl (C=O) groups is 2. The maximum absolute atomic E-state index is 12.1. The highest BCUT2D eigenvalue weighted by Crippen LogP contribution is 2.18. The third-order valence-electron chi connectivity index (χ3n) is 3.92. The van der Waals surface area contributed by atoms with Gasteiger partial charge in [0.1, 0.15) is 5.58 Å². The summed E-state index contributed by atoms with van der Waals surface area (Å²) in [5.41, 5.74) is 3.02. The number of amides is 2. The molecule has 0 unspecified atom stereocenters. The summed E-state index contributed by atoms with van der Waals surface area (Å²) in [7, 11) is 0. The molecule has 1 aromatic heterocycles. The van der Waals surface area contributed by atoms with E-state index in [9.17, 15) is 9.59 Å². The molecule has 0 bridgehead atoms. The third-order valence-corrected chi connectivity index (χ3v) is 3.92. The van der Waals surface area contributed by atoms with Gasteiger partial charge in [-0.15, -0.1) is 0 Å². The minimum Gasteiger partial charge on any atom is -0.451 e. The number of hydrogen-bond acceptors (Lipinski definition) is 3. The second kappa shape index (κ2) is 7.66. The highest BCUT2D eigenvalue weighted by Gasteiger charge is 2.12. The fourth-order valence-corrected chi connectivity index (χ4v) is 2.50. The standard InChI is InChI=1S/C20H20N2O3/c1-14-6-8-15(9-7-14)10-11-21-19(23)13-22-20(24)18-12-16-4-2-3-5-17(16)25-18/h2-9,12H,10-11,13H2,1H3,(H,21,23)(H,22,24). The van der Waals surface area contributed by atoms with E-state index in [1.165, 1.54) is 5.56 Å². The first-order chi connectivity index (χ1) is 12.1. The Hall–Kier alpha value is -3.08. The Morgan fingerprint density at radius 1 is 1.00 bits per heavy atom. The van der Waals surface area contributed by atoms with Gasteiger partial charge in [-0.1, -0.05) is 48.0 Å². The van der Waals surface area contributed by atoms with E-state index in [0.29, 0.717) is 12.1 Å². The van der Waals surface area contributed by atoms with Crippen molar-refractivity contribution in [3.63, 3.8) is 0 Å². The lowest BCUT2D eigenvalue weighted by atomic mass is 10.1. The van der Waals surface area contributed by atoms with Gasteiger partial charge in [0.25, 0.3) is 5.91 Å². The maximum Gasteiger partial charge on any atom is 0.287 e. The average Bonchev–Trinajstić information content (AvgIpc) is 3.05. The van der Waals surface area contributed by atoms with Crippen LogP contribution in [0.1, 0.15) is 21.7 Å². The highest BCUT2D eigenvalue weighted by molar-refractivity contribution is 5.97. The van der Waals surface area contributed by atoms with Gasteiger partial charge in [-0.3, -0.25) is 9.59 Å². The largest absolute Gasteiger partial charge is 0.451 e. The first kappa shape index (κ1) is 16.8. The van der Waals surface area contributed by atoms with Gasteiger partial charge in [-0.2, -0.15) is 0 Å². The molecule has 0 aliphatic rings. The number of para-hydroxylation sites is 1. The smallest absolute Gasteiger partial charge is 0.287 e. The molecular formula is C20H20N2O3. The zero-order valence-electron chi connectivity index (χ0n) is 14.0. The molecular weight excluding hydrogens is 316 g/mol. The van der Waals surface area contributed by atoms with E-state index in [1.54, 1.807) is 12.1 Å². The maximum atomic E-state index is 12.1. The van der Waals surface area contributed by atoms with Gasteiger partial charge in [0.2, 0.25) is 5.91 Å². The molecule has 25 heavy (non-hydrogen) atoms. The number of furan rings is 1. The molecule has 1 heterocycles. The second-order valence-electron chi connectivity index (χ2n) is 5.92. The van der Waals surface area contributed by atoms with Crippen LogP contribution in [0.3, 0.4) is 0 Å². The molecule has 0 radical (unpaired) electrons. The molecule has 3 aromatic rings. The quantitative estimate of drug-likeness (QED) is 0.727. The van der Waals surface area contributed by atoms with Gasteiger partial charge in [0, 0.05) is 11.9 Å². The summed E-state index contributed by atoms with van der Waals surface area (Å²) in [6.45, 7) is 2.49. The monoisotopic (exact) mass is 336 g/mol. The van der Waals surface area contributed by atoms with Crippen LogP contribution in [0.25, 0.3) is 11.0 Å². The molecule has 3 rings (SSSR count). The lowest BCUT2D eigenvalue weighted by Gasteiger charge is -2.06. The summed E-state index contributed by atoms with van der Waals surface area (Å²) in [6, 6.07) is 17.2. The van der Waals surface area contributed by atoms with Gasteiger partial charge >= 0.3 is 0 Å². The van der Waals surface area contributed by atoms with Crippen LogP contribution in [0.4, 0.5) is 0 Å². The summed E-state index contributed by atoms with van der Waals surface area (Å²) in [5.74, 6) is -0.421. The normalized spacial score (nSPS) is 10.6. The zero-order chi connectivity index (χ0) is 17.6. The van der Waals surface area contributed by atoms with Crippen molar-refractivity contribution >= 4 is 22.8 Å². The van der Waals surface area contributed by atoms with Gasteiger partial charge in [-0.25, -0.2) is 0 Å². The van der Waals surface area contributed by atoms with E-state index in [4.69, 9.17) is 4.42 Å². The van der Waals surface area contributed by atoms with Crippen molar-refractivity contribution in [1.82, 2.24) is 10.6 Å². The van der Waals surface area contributed by atoms with E-state index < -0.39 is 5.91 Å². The first-order valence-corrected chi connectivity index (χ1v) is 8.21. The molecule has 0 saturated carbocycles. The summed E-state index contributed by atoms with van der Waals surface area (Å²) < 4.78 is 5.47. The Balaban J connectivity index is 1.43. The number of nitrogens with one attached hydrogen (secondary N) is 2. The minimum atomic E-state index is -0.398. The van der Waals surface area contributed by atoms with Crippen molar-refractivity contribution < 1.29 is 14.0 Å². The zero-order valence-corrected chi connectivity index (χ0v) is 14.0. The molecule has 0 aliphatic carbocycles. The fourth-order valence-electron chi connectivity index (χ4n) is 2.50. The van der Waals surface area contributed by atoms with Gasteiger partial charge in [-0.05, 0) is 31.0 Å². The van der Waals surface area contributed by atoms with Crippen molar-refractivity contribution in [2.75, 3.05) is 13.1 Å². The molecule has 2 N–H and O–H groups in total. The average molecular weight is 336 g/mol. The fraction of sp³-hybridized carbons (Fsp3) is 0.200. The van der Waals surface area contributed by atoms with Crippen LogP contribution >= 0.6 is 0 Å². The molecule has 0 aliphatic heterocycles. The first-order valence-electron chi connectivity index (χ1n) is 8.21. The van der Waals surface area contributed by atoms with Crippen LogP contribution < -0.4 is 10.6 Å². The molecule has 0 atom stereocenters. The lowest BCUT2D eigenvalue weighted by molar-refractivity contribution is -0.120. The van der Waals surface area contributed by atoms with Crippen LogP contribution in [0, 0.1) is 6.92 Å². The van der Waals surface area contributed by atoms with Crippen molar-refractivity contribution in [3.8, 4) is 0 Å². The van der Waals surface area contributed by atoms with Crippen molar-refractivity contribution in [2.24, 2.45) is 0 Å². The van der Waals surface area contributed by atoms with Crippen LogP contribution in [-0.4, -0.2) is 24.9 Å². The number of hydrogen-bond donors (Lipinski definition) is 2. The van der Waals surface area contributed by atoms with E-state index in [0.717, 1.165) is 17.4 Å². The van der Waals surface area contributed by atoms with Gasteiger partial charge in [0.15, 0.2) is 5.76 Å². The Morgan fingerprint density at radius 2 is 1.76 bits per heavy atom. The summed E-state index contributed by atoms with van der Waals surface area (Å²) in [6.07, 6.45) is 0.754. The van der Waals surface area contributed by atoms with E-state index in [-0.39, 0.29) is 18.2 Å². The Labute approximate surface area is 146 Å². The van der Waals surface area contributed by atoms with Crippen LogP contribution in [-0.2, 0) is 11.2 Å². The number of rotatable bonds is 6. The lowest BCUT2D eigenvalue weighted by Crippen LogP contribution is -2.37. The van der Waals surface area contributed by atoms with Gasteiger partial charge < -0.3 is 15.1 Å². The van der Waals surface area contributed by atoms with Crippen molar-refractivity contribution in [1.29, 1.82) is 0 Å². The molecule has 2 aromatic carbocycles. The Morgan fingerprint density at radius 3 is 2.52 bits per heavy atom. The van der Waals surface area contributed by atoms with Gasteiger partial charge in [0.05, 0.1) is 6.54 Å². The Bertz CT molecular complexity index is 848. The van der Waals surface area contributed by atoms with Crippen molar-refractivity contribution in [3.05, 3.63) is 71.5 Å². The minimum absolute atomic E-state index is 0.0796. The van der Waals surface area contributed by atoms with E-state index >= 15 is 0 Å². The van der Waals surface area contributed by atoms with Crippen LogP contribution in [0.5, 0.6) is 0 Å². The summed E-state index contributed by atoms with van der Waals surface area (Å²) in [5, 5.41) is 6.22. The van der Waals surface area contributed by atoms with E-state index in [1.807, 2.05) is 49.4 Å². The number of benzene rings is 2. The highest BCUT2D eigenvalue weighted by atomic mass is 16.3. The van der Waals surface area contributed by atoms with Crippen LogP contribution in [0.15, 0.2) is 59.0 Å². The van der Waals surface area contributed by atoms with Crippen LogP contribution in [0.2, 0.25) is 0 Å². The molecule has 0 spiro atoms.